The van der Waals surface area contributed by atoms with E-state index in [0.29, 0.717) is 4.77 Å². The van der Waals surface area contributed by atoms with E-state index in [4.69, 9.17) is 12.2 Å². The van der Waals surface area contributed by atoms with Gasteiger partial charge in [-0.05, 0) is 44.6 Å². The van der Waals surface area contributed by atoms with Gasteiger partial charge in [-0.1, -0.05) is 18.2 Å². The van der Waals surface area contributed by atoms with Crippen molar-refractivity contribution in [1.82, 2.24) is 19.3 Å². The maximum Gasteiger partial charge on any atom is 0.184 e. The molecule has 1 aromatic carbocycles. The lowest BCUT2D eigenvalue weighted by Crippen LogP contribution is -2.04. The summed E-state index contributed by atoms with van der Waals surface area (Å²) in [6, 6.07) is 8.24. The third kappa shape index (κ3) is 1.73. The number of benzene rings is 1. The summed E-state index contributed by atoms with van der Waals surface area (Å²) >= 11 is 5.48. The van der Waals surface area contributed by atoms with Crippen LogP contribution < -0.4 is 0 Å². The van der Waals surface area contributed by atoms with Gasteiger partial charge in [-0.3, -0.25) is 4.57 Å². The van der Waals surface area contributed by atoms with Gasteiger partial charge < -0.3 is 4.98 Å². The van der Waals surface area contributed by atoms with Crippen LogP contribution in [-0.4, -0.2) is 19.3 Å². The standard InChI is InChI=1S/C14H16N4S/c1-4-17-13-12(10(3)16-17)15-14(19)18(13)11-8-6-5-7-9(11)2/h5-8H,4H2,1-3H3,(H,15,19). The molecule has 0 aliphatic rings. The van der Waals surface area contributed by atoms with Crippen LogP contribution >= 0.6 is 12.2 Å². The Bertz CT molecular complexity index is 807. The van der Waals surface area contributed by atoms with Crippen molar-refractivity contribution < 1.29 is 0 Å². The van der Waals surface area contributed by atoms with Gasteiger partial charge in [0.1, 0.15) is 5.52 Å². The molecule has 0 saturated carbocycles. The highest BCUT2D eigenvalue weighted by Gasteiger charge is 2.15. The molecule has 0 radical (unpaired) electrons. The molecule has 0 saturated heterocycles. The summed E-state index contributed by atoms with van der Waals surface area (Å²) < 4.78 is 4.78. The van der Waals surface area contributed by atoms with Crippen LogP contribution in [0.2, 0.25) is 0 Å². The first-order valence-corrected chi connectivity index (χ1v) is 6.78. The van der Waals surface area contributed by atoms with Crippen LogP contribution in [0.1, 0.15) is 18.2 Å². The van der Waals surface area contributed by atoms with Gasteiger partial charge in [0, 0.05) is 6.54 Å². The van der Waals surface area contributed by atoms with Gasteiger partial charge in [0.2, 0.25) is 0 Å². The van der Waals surface area contributed by atoms with E-state index < -0.39 is 0 Å². The van der Waals surface area contributed by atoms with Crippen molar-refractivity contribution >= 4 is 23.4 Å². The summed E-state index contributed by atoms with van der Waals surface area (Å²) in [5, 5.41) is 4.54. The Morgan fingerprint density at radius 2 is 2.00 bits per heavy atom. The number of para-hydroxylation sites is 1. The van der Waals surface area contributed by atoms with Crippen molar-refractivity contribution in [2.24, 2.45) is 0 Å². The molecule has 0 fully saturated rings. The summed E-state index contributed by atoms with van der Waals surface area (Å²) in [6.45, 7) is 7.00. The Balaban J connectivity index is 2.44. The van der Waals surface area contributed by atoms with Gasteiger partial charge in [0.15, 0.2) is 10.4 Å². The van der Waals surface area contributed by atoms with Crippen LogP contribution in [0, 0.1) is 18.6 Å². The normalized spacial score (nSPS) is 11.3. The summed E-state index contributed by atoms with van der Waals surface area (Å²) in [6.07, 6.45) is 0. The Morgan fingerprint density at radius 1 is 1.26 bits per heavy atom. The van der Waals surface area contributed by atoms with Crippen molar-refractivity contribution in [1.29, 1.82) is 0 Å². The number of fused-ring (bicyclic) bond motifs is 1. The first-order valence-electron chi connectivity index (χ1n) is 6.37. The van der Waals surface area contributed by atoms with E-state index >= 15 is 0 Å². The molecule has 0 bridgehead atoms. The second kappa shape index (κ2) is 4.35. The van der Waals surface area contributed by atoms with Crippen molar-refractivity contribution in [3.8, 4) is 5.69 Å². The molecule has 5 heteroatoms. The number of nitrogens with zero attached hydrogens (tertiary/aromatic N) is 3. The molecule has 2 aromatic heterocycles. The van der Waals surface area contributed by atoms with Crippen LogP contribution in [0.25, 0.3) is 16.9 Å². The zero-order valence-corrected chi connectivity index (χ0v) is 12.1. The number of nitrogens with one attached hydrogen (secondary N) is 1. The second-order valence-corrected chi connectivity index (χ2v) is 5.04. The van der Waals surface area contributed by atoms with E-state index in [0.717, 1.165) is 29.1 Å². The molecule has 1 N–H and O–H groups in total. The van der Waals surface area contributed by atoms with Gasteiger partial charge in [0.05, 0.1) is 11.4 Å². The molecule has 0 atom stereocenters. The number of hydrogen-bond donors (Lipinski definition) is 1. The molecule has 2 heterocycles. The average Bonchev–Trinajstić information content (AvgIpc) is 2.88. The fourth-order valence-electron chi connectivity index (χ4n) is 2.46. The Morgan fingerprint density at radius 3 is 2.68 bits per heavy atom. The van der Waals surface area contributed by atoms with E-state index in [1.807, 2.05) is 23.7 Å². The van der Waals surface area contributed by atoms with Crippen LogP contribution in [0.4, 0.5) is 0 Å². The molecular weight excluding hydrogens is 256 g/mol. The minimum absolute atomic E-state index is 0.715. The Hall–Kier alpha value is -1.88. The zero-order chi connectivity index (χ0) is 13.6. The van der Waals surface area contributed by atoms with E-state index in [9.17, 15) is 0 Å². The predicted molar refractivity (Wildman–Crippen MR) is 79.4 cm³/mol. The molecule has 19 heavy (non-hydrogen) atoms. The summed E-state index contributed by atoms with van der Waals surface area (Å²) in [7, 11) is 0. The summed E-state index contributed by atoms with van der Waals surface area (Å²) in [5.74, 6) is 0. The first kappa shape index (κ1) is 12.2. The lowest BCUT2D eigenvalue weighted by atomic mass is 10.2. The van der Waals surface area contributed by atoms with Gasteiger partial charge in [0.25, 0.3) is 0 Å². The maximum atomic E-state index is 5.48. The SMILES string of the molecule is CCn1nc(C)c2[nH]c(=S)n(-c3ccccc3C)c21. The highest BCUT2D eigenvalue weighted by atomic mass is 32.1. The van der Waals surface area contributed by atoms with Crippen molar-refractivity contribution in [3.05, 3.63) is 40.3 Å². The minimum Gasteiger partial charge on any atom is -0.327 e. The molecule has 0 aliphatic carbocycles. The van der Waals surface area contributed by atoms with E-state index in [1.165, 1.54) is 5.56 Å². The Labute approximate surface area is 116 Å². The lowest BCUT2D eigenvalue weighted by Gasteiger charge is -2.08. The third-order valence-corrected chi connectivity index (χ3v) is 3.69. The molecule has 0 spiro atoms. The smallest absolute Gasteiger partial charge is 0.184 e. The average molecular weight is 272 g/mol. The van der Waals surface area contributed by atoms with Crippen LogP contribution in [0.15, 0.2) is 24.3 Å². The van der Waals surface area contributed by atoms with Crippen molar-refractivity contribution in [2.75, 3.05) is 0 Å². The number of aryl methyl sites for hydroxylation is 3. The molecule has 0 unspecified atom stereocenters. The second-order valence-electron chi connectivity index (χ2n) is 4.65. The Kier molecular flexibility index (Phi) is 2.78. The number of aromatic amines is 1. The van der Waals surface area contributed by atoms with E-state index in [-0.39, 0.29) is 0 Å². The number of H-pyrrole nitrogens is 1. The molecule has 0 aliphatic heterocycles. The molecular formula is C14H16N4S. The topological polar surface area (TPSA) is 38.5 Å². The highest BCUT2D eigenvalue weighted by Crippen LogP contribution is 2.23. The molecule has 4 nitrogen and oxygen atoms in total. The van der Waals surface area contributed by atoms with E-state index in [1.54, 1.807) is 0 Å². The van der Waals surface area contributed by atoms with Gasteiger partial charge in [-0.25, -0.2) is 4.68 Å². The summed E-state index contributed by atoms with van der Waals surface area (Å²) in [4.78, 5) is 3.27. The van der Waals surface area contributed by atoms with Gasteiger partial charge in [-0.2, -0.15) is 5.10 Å². The maximum absolute atomic E-state index is 5.48. The quantitative estimate of drug-likeness (QED) is 0.725. The number of hydrogen-bond acceptors (Lipinski definition) is 2. The first-order chi connectivity index (χ1) is 9.13. The van der Waals surface area contributed by atoms with Crippen molar-refractivity contribution in [3.63, 3.8) is 0 Å². The number of imidazole rings is 1. The molecule has 98 valence electrons. The molecule has 0 amide bonds. The fourth-order valence-corrected chi connectivity index (χ4v) is 2.75. The number of aromatic nitrogens is 4. The van der Waals surface area contributed by atoms with Crippen LogP contribution in [-0.2, 0) is 6.54 Å². The fraction of sp³-hybridized carbons (Fsp3) is 0.286. The van der Waals surface area contributed by atoms with Gasteiger partial charge in [-0.15, -0.1) is 0 Å². The third-order valence-electron chi connectivity index (χ3n) is 3.40. The predicted octanol–water partition coefficient (Wildman–Crippen LogP) is 3.52. The minimum atomic E-state index is 0.715. The monoisotopic (exact) mass is 272 g/mol. The lowest BCUT2D eigenvalue weighted by molar-refractivity contribution is 0.661. The van der Waals surface area contributed by atoms with Crippen molar-refractivity contribution in [2.45, 2.75) is 27.3 Å². The van der Waals surface area contributed by atoms with Crippen LogP contribution in [0.3, 0.4) is 0 Å². The molecule has 3 rings (SSSR count). The summed E-state index contributed by atoms with van der Waals surface area (Å²) in [5.41, 5.74) is 5.35. The molecule has 3 aromatic rings. The largest absolute Gasteiger partial charge is 0.327 e. The van der Waals surface area contributed by atoms with E-state index in [2.05, 4.69) is 40.6 Å². The number of rotatable bonds is 2. The van der Waals surface area contributed by atoms with Crippen LogP contribution in [0.5, 0.6) is 0 Å². The van der Waals surface area contributed by atoms with Gasteiger partial charge >= 0.3 is 0 Å². The highest BCUT2D eigenvalue weighted by molar-refractivity contribution is 7.71. The zero-order valence-electron chi connectivity index (χ0n) is 11.3.